The number of nitrogen functional groups attached to an aromatic ring is 1. The number of aryl methyl sites for hydroxylation is 1. The first-order valence-electron chi connectivity index (χ1n) is 6.64. The number of rotatable bonds is 3. The maximum Gasteiger partial charge on any atom is 0.268 e. The summed E-state index contributed by atoms with van der Waals surface area (Å²) in [5.74, 6) is 6.24. The molecule has 0 aliphatic carbocycles. The van der Waals surface area contributed by atoms with Gasteiger partial charge in [0.05, 0.1) is 24.3 Å². The normalized spacial score (nSPS) is 26.6. The summed E-state index contributed by atoms with van der Waals surface area (Å²) >= 11 is 0. The van der Waals surface area contributed by atoms with Crippen LogP contribution in [0.1, 0.15) is 34.7 Å². The molecule has 2 aliphatic rings. The van der Waals surface area contributed by atoms with Gasteiger partial charge in [0.15, 0.2) is 0 Å². The highest BCUT2D eigenvalue weighted by atomic mass is 16.5. The summed E-state index contributed by atoms with van der Waals surface area (Å²) in [6.07, 6.45) is 3.03. The summed E-state index contributed by atoms with van der Waals surface area (Å²) in [5, 5.41) is 0. The molecule has 104 valence electrons. The van der Waals surface area contributed by atoms with Crippen molar-refractivity contribution in [3.63, 3.8) is 0 Å². The molecule has 6 heteroatoms. The molecule has 0 aromatic carbocycles. The summed E-state index contributed by atoms with van der Waals surface area (Å²) in [5.41, 5.74) is 2.64. The molecule has 19 heavy (non-hydrogen) atoms. The number of amides is 1. The van der Waals surface area contributed by atoms with Crippen molar-refractivity contribution >= 4 is 5.91 Å². The number of carbonyl (C=O) groups is 1. The van der Waals surface area contributed by atoms with Crippen molar-refractivity contribution in [2.45, 2.75) is 38.5 Å². The summed E-state index contributed by atoms with van der Waals surface area (Å²) in [7, 11) is 0. The van der Waals surface area contributed by atoms with E-state index in [-0.39, 0.29) is 5.91 Å². The van der Waals surface area contributed by atoms with Crippen LogP contribution in [-0.4, -0.2) is 36.1 Å². The second-order valence-corrected chi connectivity index (χ2v) is 5.31. The SMILES string of the molecule is Cc1oc(CN2CC3CCC(C2)O3)cc1C(=O)NN. The van der Waals surface area contributed by atoms with Gasteiger partial charge in [-0.15, -0.1) is 0 Å². The fraction of sp³-hybridized carbons (Fsp3) is 0.615. The topological polar surface area (TPSA) is 80.7 Å². The van der Waals surface area contributed by atoms with Crippen LogP contribution in [0, 0.1) is 6.92 Å². The minimum atomic E-state index is -0.311. The maximum absolute atomic E-state index is 11.5. The second-order valence-electron chi connectivity index (χ2n) is 5.31. The Morgan fingerprint density at radius 3 is 2.79 bits per heavy atom. The number of morpholine rings is 1. The molecule has 1 aromatic rings. The highest BCUT2D eigenvalue weighted by molar-refractivity contribution is 5.94. The first-order valence-corrected chi connectivity index (χ1v) is 6.64. The third-order valence-corrected chi connectivity index (χ3v) is 3.84. The van der Waals surface area contributed by atoms with Crippen LogP contribution in [0.5, 0.6) is 0 Å². The van der Waals surface area contributed by atoms with E-state index in [9.17, 15) is 4.79 Å². The van der Waals surface area contributed by atoms with Crippen LogP contribution in [0.3, 0.4) is 0 Å². The lowest BCUT2D eigenvalue weighted by molar-refractivity contribution is -0.0427. The average Bonchev–Trinajstić information content (AvgIpc) is 2.91. The number of hydrogen-bond donors (Lipinski definition) is 2. The number of ether oxygens (including phenoxy) is 1. The number of nitrogens with one attached hydrogen (secondary N) is 1. The van der Waals surface area contributed by atoms with Crippen LogP contribution in [0.2, 0.25) is 0 Å². The standard InChI is InChI=1S/C13H19N3O3/c1-8-12(13(17)15-14)4-11(18-8)7-16-5-9-2-3-10(6-16)19-9/h4,9-10H,2-3,5-7,14H2,1H3,(H,15,17). The Hall–Kier alpha value is -1.37. The molecule has 2 saturated heterocycles. The highest BCUT2D eigenvalue weighted by Crippen LogP contribution is 2.27. The summed E-state index contributed by atoms with van der Waals surface area (Å²) < 4.78 is 11.4. The predicted molar refractivity (Wildman–Crippen MR) is 68.3 cm³/mol. The van der Waals surface area contributed by atoms with E-state index in [1.54, 1.807) is 13.0 Å². The quantitative estimate of drug-likeness (QED) is 0.474. The Labute approximate surface area is 111 Å². The van der Waals surface area contributed by atoms with Gasteiger partial charge >= 0.3 is 0 Å². The zero-order chi connectivity index (χ0) is 13.4. The number of hydrazine groups is 1. The van der Waals surface area contributed by atoms with E-state index in [0.717, 1.165) is 38.2 Å². The number of hydrogen-bond acceptors (Lipinski definition) is 5. The van der Waals surface area contributed by atoms with Gasteiger partial charge in [0.2, 0.25) is 0 Å². The lowest BCUT2D eigenvalue weighted by atomic mass is 10.2. The minimum Gasteiger partial charge on any atom is -0.464 e. The molecule has 2 fully saturated rings. The van der Waals surface area contributed by atoms with Gasteiger partial charge in [-0.1, -0.05) is 0 Å². The van der Waals surface area contributed by atoms with Crippen molar-refractivity contribution in [1.82, 2.24) is 10.3 Å². The molecule has 3 rings (SSSR count). The third-order valence-electron chi connectivity index (χ3n) is 3.84. The van der Waals surface area contributed by atoms with Crippen molar-refractivity contribution in [3.05, 3.63) is 23.2 Å². The van der Waals surface area contributed by atoms with Gasteiger partial charge in [-0.2, -0.15) is 0 Å². The first-order chi connectivity index (χ1) is 9.15. The van der Waals surface area contributed by atoms with E-state index in [1.807, 2.05) is 0 Å². The van der Waals surface area contributed by atoms with E-state index in [4.69, 9.17) is 15.0 Å². The van der Waals surface area contributed by atoms with E-state index in [2.05, 4.69) is 10.3 Å². The van der Waals surface area contributed by atoms with E-state index < -0.39 is 0 Å². The number of nitrogens with zero attached hydrogens (tertiary/aromatic N) is 1. The molecule has 2 bridgehead atoms. The molecule has 0 saturated carbocycles. The Morgan fingerprint density at radius 1 is 1.47 bits per heavy atom. The molecule has 1 aromatic heterocycles. The van der Waals surface area contributed by atoms with Crippen LogP contribution in [0.4, 0.5) is 0 Å². The molecule has 0 spiro atoms. The van der Waals surface area contributed by atoms with Crippen molar-refractivity contribution < 1.29 is 13.9 Å². The maximum atomic E-state index is 11.5. The monoisotopic (exact) mass is 265 g/mol. The van der Waals surface area contributed by atoms with Crippen LogP contribution in [0.25, 0.3) is 0 Å². The zero-order valence-electron chi connectivity index (χ0n) is 11.0. The Balaban J connectivity index is 1.68. The molecule has 6 nitrogen and oxygen atoms in total. The number of likely N-dealkylation sites (tertiary alicyclic amines) is 1. The van der Waals surface area contributed by atoms with E-state index >= 15 is 0 Å². The van der Waals surface area contributed by atoms with E-state index in [0.29, 0.717) is 23.5 Å². The summed E-state index contributed by atoms with van der Waals surface area (Å²) in [6.45, 7) is 4.37. The minimum absolute atomic E-state index is 0.311. The van der Waals surface area contributed by atoms with Gasteiger partial charge < -0.3 is 9.15 Å². The fourth-order valence-corrected chi connectivity index (χ4v) is 2.97. The summed E-state index contributed by atoms with van der Waals surface area (Å²) in [4.78, 5) is 13.9. The zero-order valence-corrected chi connectivity index (χ0v) is 11.0. The molecule has 2 aliphatic heterocycles. The predicted octanol–water partition coefficient (Wildman–Crippen LogP) is 0.555. The lowest BCUT2D eigenvalue weighted by Crippen LogP contribution is -2.41. The van der Waals surface area contributed by atoms with Gasteiger partial charge in [-0.25, -0.2) is 5.84 Å². The largest absolute Gasteiger partial charge is 0.464 e. The molecule has 2 atom stereocenters. The number of nitrogens with two attached hydrogens (primary N) is 1. The molecular weight excluding hydrogens is 246 g/mol. The number of furan rings is 1. The van der Waals surface area contributed by atoms with Gasteiger partial charge in [0.25, 0.3) is 5.91 Å². The van der Waals surface area contributed by atoms with E-state index in [1.165, 1.54) is 0 Å². The van der Waals surface area contributed by atoms with Crippen LogP contribution in [-0.2, 0) is 11.3 Å². The van der Waals surface area contributed by atoms with Crippen molar-refractivity contribution in [1.29, 1.82) is 0 Å². The lowest BCUT2D eigenvalue weighted by Gasteiger charge is -2.31. The van der Waals surface area contributed by atoms with Crippen LogP contribution < -0.4 is 11.3 Å². The first kappa shape index (κ1) is 12.7. The molecule has 3 N–H and O–H groups in total. The smallest absolute Gasteiger partial charge is 0.268 e. The van der Waals surface area contributed by atoms with Crippen molar-refractivity contribution in [2.24, 2.45) is 5.84 Å². The number of fused-ring (bicyclic) bond motifs is 2. The average molecular weight is 265 g/mol. The molecular formula is C13H19N3O3. The molecule has 2 unspecified atom stereocenters. The van der Waals surface area contributed by atoms with Crippen LogP contribution >= 0.6 is 0 Å². The Bertz CT molecular complexity index is 473. The van der Waals surface area contributed by atoms with Gasteiger partial charge in [-0.05, 0) is 25.8 Å². The molecule has 0 radical (unpaired) electrons. The summed E-state index contributed by atoms with van der Waals surface area (Å²) in [6, 6.07) is 1.77. The van der Waals surface area contributed by atoms with Gasteiger partial charge in [0, 0.05) is 13.1 Å². The fourth-order valence-electron chi connectivity index (χ4n) is 2.97. The van der Waals surface area contributed by atoms with Gasteiger partial charge in [-0.3, -0.25) is 15.1 Å². The van der Waals surface area contributed by atoms with Crippen molar-refractivity contribution in [3.8, 4) is 0 Å². The Morgan fingerprint density at radius 2 is 2.16 bits per heavy atom. The van der Waals surface area contributed by atoms with Gasteiger partial charge in [0.1, 0.15) is 11.5 Å². The second kappa shape index (κ2) is 4.96. The highest BCUT2D eigenvalue weighted by Gasteiger charge is 2.34. The molecule has 3 heterocycles. The van der Waals surface area contributed by atoms with Crippen LogP contribution in [0.15, 0.2) is 10.5 Å². The van der Waals surface area contributed by atoms with Crippen molar-refractivity contribution in [2.75, 3.05) is 13.1 Å². The molecule has 1 amide bonds. The number of carbonyl (C=O) groups excluding carboxylic acids is 1. The third kappa shape index (κ3) is 2.51. The Kier molecular flexibility index (Phi) is 3.30.